The van der Waals surface area contributed by atoms with Gasteiger partial charge in [-0.2, -0.15) is 0 Å². The number of hydrogen-bond donors (Lipinski definition) is 1. The second kappa shape index (κ2) is 6.50. The Kier molecular flexibility index (Phi) is 4.71. The molecule has 104 valence electrons. The standard InChI is InChI=1S/C14H21N3O2/c1-17(8-4-7-13(18)19)14-15-9-12(10-16-14)11-5-2-3-6-11/h9-11H,2-8H2,1H3,(H,18,19). The van der Waals surface area contributed by atoms with E-state index in [1.54, 1.807) is 0 Å². The van der Waals surface area contributed by atoms with Gasteiger partial charge in [0.1, 0.15) is 0 Å². The molecule has 0 atom stereocenters. The number of aromatic nitrogens is 2. The number of anilines is 1. The van der Waals surface area contributed by atoms with Crippen LogP contribution in [0.1, 0.15) is 50.0 Å². The van der Waals surface area contributed by atoms with Gasteiger partial charge in [0.05, 0.1) is 0 Å². The van der Waals surface area contributed by atoms with E-state index in [0.29, 0.717) is 24.8 Å². The van der Waals surface area contributed by atoms with Crippen LogP contribution in [-0.2, 0) is 4.79 Å². The lowest BCUT2D eigenvalue weighted by Gasteiger charge is -2.17. The van der Waals surface area contributed by atoms with E-state index >= 15 is 0 Å². The molecule has 1 fully saturated rings. The fourth-order valence-corrected chi connectivity index (χ4v) is 2.57. The van der Waals surface area contributed by atoms with E-state index in [2.05, 4.69) is 9.97 Å². The Morgan fingerprint density at radius 1 is 1.37 bits per heavy atom. The van der Waals surface area contributed by atoms with E-state index in [-0.39, 0.29) is 6.42 Å². The van der Waals surface area contributed by atoms with Crippen molar-refractivity contribution in [3.63, 3.8) is 0 Å². The molecular weight excluding hydrogens is 242 g/mol. The third-order valence-electron chi connectivity index (χ3n) is 3.71. The summed E-state index contributed by atoms with van der Waals surface area (Å²) in [6.45, 7) is 0.662. The SMILES string of the molecule is CN(CCCC(=O)O)c1ncc(C2CCCC2)cn1. The molecule has 1 heterocycles. The van der Waals surface area contributed by atoms with Gasteiger partial charge < -0.3 is 10.0 Å². The first kappa shape index (κ1) is 13.8. The molecule has 1 N–H and O–H groups in total. The highest BCUT2D eigenvalue weighted by atomic mass is 16.4. The van der Waals surface area contributed by atoms with Crippen LogP contribution in [0.5, 0.6) is 0 Å². The predicted molar refractivity (Wildman–Crippen MR) is 73.4 cm³/mol. The first-order chi connectivity index (χ1) is 9.16. The topological polar surface area (TPSA) is 66.3 Å². The fourth-order valence-electron chi connectivity index (χ4n) is 2.57. The third kappa shape index (κ3) is 3.91. The average molecular weight is 263 g/mol. The van der Waals surface area contributed by atoms with Gasteiger partial charge in [-0.05, 0) is 30.7 Å². The molecular formula is C14H21N3O2. The van der Waals surface area contributed by atoms with Gasteiger partial charge in [0, 0.05) is 32.4 Å². The van der Waals surface area contributed by atoms with Crippen LogP contribution in [0.15, 0.2) is 12.4 Å². The van der Waals surface area contributed by atoms with Crippen LogP contribution in [0.4, 0.5) is 5.95 Å². The number of rotatable bonds is 6. The maximum atomic E-state index is 10.5. The number of carbonyl (C=O) groups is 1. The summed E-state index contributed by atoms with van der Waals surface area (Å²) in [7, 11) is 1.90. The van der Waals surface area contributed by atoms with Crippen molar-refractivity contribution in [1.82, 2.24) is 9.97 Å². The van der Waals surface area contributed by atoms with Crippen LogP contribution in [-0.4, -0.2) is 34.6 Å². The van der Waals surface area contributed by atoms with Gasteiger partial charge >= 0.3 is 5.97 Å². The van der Waals surface area contributed by atoms with Crippen LogP contribution < -0.4 is 4.90 Å². The molecule has 1 aliphatic rings. The Labute approximate surface area is 113 Å². The second-order valence-corrected chi connectivity index (χ2v) is 5.22. The van der Waals surface area contributed by atoms with Crippen molar-refractivity contribution < 1.29 is 9.90 Å². The van der Waals surface area contributed by atoms with Crippen LogP contribution in [0.3, 0.4) is 0 Å². The van der Waals surface area contributed by atoms with Gasteiger partial charge in [0.15, 0.2) is 0 Å². The van der Waals surface area contributed by atoms with E-state index in [4.69, 9.17) is 5.11 Å². The summed E-state index contributed by atoms with van der Waals surface area (Å²) < 4.78 is 0. The highest BCUT2D eigenvalue weighted by Gasteiger charge is 2.18. The molecule has 0 spiro atoms. The third-order valence-corrected chi connectivity index (χ3v) is 3.71. The van der Waals surface area contributed by atoms with Crippen molar-refractivity contribution in [3.8, 4) is 0 Å². The van der Waals surface area contributed by atoms with Crippen LogP contribution in [0.25, 0.3) is 0 Å². The van der Waals surface area contributed by atoms with Crippen molar-refractivity contribution in [3.05, 3.63) is 18.0 Å². The zero-order valence-electron chi connectivity index (χ0n) is 11.4. The van der Waals surface area contributed by atoms with Gasteiger partial charge in [-0.1, -0.05) is 12.8 Å². The molecule has 0 bridgehead atoms. The minimum atomic E-state index is -0.758. The molecule has 0 aromatic carbocycles. The summed E-state index contributed by atoms with van der Waals surface area (Å²) >= 11 is 0. The first-order valence-electron chi connectivity index (χ1n) is 6.91. The van der Waals surface area contributed by atoms with Crippen LogP contribution in [0, 0.1) is 0 Å². The minimum Gasteiger partial charge on any atom is -0.481 e. The molecule has 2 rings (SSSR count). The molecule has 5 heteroatoms. The molecule has 19 heavy (non-hydrogen) atoms. The summed E-state index contributed by atoms with van der Waals surface area (Å²) in [5.74, 6) is 0.546. The van der Waals surface area contributed by atoms with E-state index in [1.807, 2.05) is 24.3 Å². The van der Waals surface area contributed by atoms with Crippen molar-refractivity contribution in [1.29, 1.82) is 0 Å². The molecule has 0 unspecified atom stereocenters. The number of aliphatic carboxylic acids is 1. The zero-order chi connectivity index (χ0) is 13.7. The fraction of sp³-hybridized carbons (Fsp3) is 0.643. The molecule has 1 saturated carbocycles. The lowest BCUT2D eigenvalue weighted by atomic mass is 10.0. The van der Waals surface area contributed by atoms with Gasteiger partial charge in [0.25, 0.3) is 0 Å². The Morgan fingerprint density at radius 3 is 2.58 bits per heavy atom. The predicted octanol–water partition coefficient (Wildman–Crippen LogP) is 2.44. The largest absolute Gasteiger partial charge is 0.481 e. The Bertz CT molecular complexity index is 413. The van der Waals surface area contributed by atoms with E-state index < -0.39 is 5.97 Å². The molecule has 0 saturated heterocycles. The van der Waals surface area contributed by atoms with E-state index in [0.717, 1.165) is 0 Å². The summed E-state index contributed by atoms with van der Waals surface area (Å²) in [6, 6.07) is 0. The molecule has 1 aromatic rings. The molecule has 1 aliphatic carbocycles. The highest BCUT2D eigenvalue weighted by Crippen LogP contribution is 2.33. The zero-order valence-corrected chi connectivity index (χ0v) is 11.4. The maximum Gasteiger partial charge on any atom is 0.303 e. The van der Waals surface area contributed by atoms with E-state index in [9.17, 15) is 4.79 Å². The quantitative estimate of drug-likeness (QED) is 0.853. The number of carboxylic acids is 1. The number of carboxylic acid groups (broad SMARTS) is 1. The Hall–Kier alpha value is -1.65. The lowest BCUT2D eigenvalue weighted by Crippen LogP contribution is -2.21. The summed E-state index contributed by atoms with van der Waals surface area (Å²) in [5.41, 5.74) is 1.24. The number of hydrogen-bond acceptors (Lipinski definition) is 4. The van der Waals surface area contributed by atoms with Gasteiger partial charge in [-0.25, -0.2) is 9.97 Å². The summed E-state index contributed by atoms with van der Waals surface area (Å²) in [6.07, 6.45) is 9.75. The normalized spacial score (nSPS) is 15.6. The smallest absolute Gasteiger partial charge is 0.303 e. The molecule has 0 aliphatic heterocycles. The van der Waals surface area contributed by atoms with Gasteiger partial charge in [-0.3, -0.25) is 4.79 Å². The van der Waals surface area contributed by atoms with Crippen molar-refractivity contribution >= 4 is 11.9 Å². The van der Waals surface area contributed by atoms with Crippen molar-refractivity contribution in [2.75, 3.05) is 18.5 Å². The summed E-state index contributed by atoms with van der Waals surface area (Å²) in [4.78, 5) is 21.1. The van der Waals surface area contributed by atoms with Crippen LogP contribution >= 0.6 is 0 Å². The number of nitrogens with zero attached hydrogens (tertiary/aromatic N) is 3. The molecule has 0 radical (unpaired) electrons. The van der Waals surface area contributed by atoms with Gasteiger partial charge in [0.2, 0.25) is 5.95 Å². The average Bonchev–Trinajstić information content (AvgIpc) is 2.92. The molecule has 1 aromatic heterocycles. The lowest BCUT2D eigenvalue weighted by molar-refractivity contribution is -0.137. The molecule has 5 nitrogen and oxygen atoms in total. The summed E-state index contributed by atoms with van der Waals surface area (Å²) in [5, 5.41) is 8.60. The Balaban J connectivity index is 1.88. The highest BCUT2D eigenvalue weighted by molar-refractivity contribution is 5.66. The first-order valence-corrected chi connectivity index (χ1v) is 6.91. The van der Waals surface area contributed by atoms with Crippen molar-refractivity contribution in [2.24, 2.45) is 0 Å². The minimum absolute atomic E-state index is 0.185. The maximum absolute atomic E-state index is 10.5. The van der Waals surface area contributed by atoms with Crippen LogP contribution in [0.2, 0.25) is 0 Å². The molecule has 0 amide bonds. The van der Waals surface area contributed by atoms with Crippen molar-refractivity contribution in [2.45, 2.75) is 44.4 Å². The Morgan fingerprint density at radius 2 is 2.00 bits per heavy atom. The monoisotopic (exact) mass is 263 g/mol. The van der Waals surface area contributed by atoms with E-state index in [1.165, 1.54) is 31.2 Å². The van der Waals surface area contributed by atoms with Gasteiger partial charge in [-0.15, -0.1) is 0 Å². The second-order valence-electron chi connectivity index (χ2n) is 5.22.